The molecule has 0 heterocycles. The molecule has 0 aromatic rings. The molecular weight excluding hydrogens is 290 g/mol. The van der Waals surface area contributed by atoms with Gasteiger partial charge in [-0.2, -0.15) is 0 Å². The summed E-state index contributed by atoms with van der Waals surface area (Å²) >= 11 is 1.59. The summed E-state index contributed by atoms with van der Waals surface area (Å²) in [6.45, 7) is 9.25. The van der Waals surface area contributed by atoms with Crippen molar-refractivity contribution >= 4 is 29.9 Å². The van der Waals surface area contributed by atoms with Crippen LogP contribution in [0.1, 0.15) is 27.7 Å². The Balaban J connectivity index is 4.50. The fourth-order valence-corrected chi connectivity index (χ4v) is 5.17. The van der Waals surface area contributed by atoms with Gasteiger partial charge in [-0.1, -0.05) is 0 Å². The van der Waals surface area contributed by atoms with Crippen LogP contribution in [0.3, 0.4) is 0 Å². The zero-order valence-corrected chi connectivity index (χ0v) is 13.1. The van der Waals surface area contributed by atoms with Crippen molar-refractivity contribution in [1.29, 1.82) is 0 Å². The molecule has 0 amide bonds. The third-order valence-corrected chi connectivity index (χ3v) is 8.84. The maximum absolute atomic E-state index is 2.56. The fourth-order valence-electron chi connectivity index (χ4n) is 1.44. The molecule has 0 N–H and O–H groups in total. The number of rotatable bonds is 5. The monoisotopic (exact) mass is 314 g/mol. The Labute approximate surface area is 96.3 Å². The number of allylic oxidation sites excluding steroid dienone is 2. The first-order valence-electron chi connectivity index (χ1n) is 4.80. The van der Waals surface area contributed by atoms with E-state index in [-0.39, 0.29) is 0 Å². The summed E-state index contributed by atoms with van der Waals surface area (Å²) in [5.41, 5.74) is 1.66. The van der Waals surface area contributed by atoms with Crippen LogP contribution in [0.15, 0.2) is 11.6 Å². The topological polar surface area (TPSA) is 0 Å². The Kier molecular flexibility index (Phi) is 7.55. The normalized spacial score (nSPS) is 11.5. The molecule has 0 aliphatic rings. The van der Waals surface area contributed by atoms with Crippen LogP contribution in [-0.4, -0.2) is 29.9 Å². The zero-order valence-electron chi connectivity index (χ0n) is 9.63. The summed E-state index contributed by atoms with van der Waals surface area (Å²) in [5, 5.41) is 0. The molecule has 0 unspecified atom stereocenters. The van der Waals surface area contributed by atoms with Crippen molar-refractivity contribution in [3.63, 3.8) is 0 Å². The molecule has 2 heteroatoms. The second-order valence-corrected chi connectivity index (χ2v) is 9.44. The summed E-state index contributed by atoms with van der Waals surface area (Å²) in [7, 11) is 0. The van der Waals surface area contributed by atoms with Crippen LogP contribution < -0.4 is 0 Å². The van der Waals surface area contributed by atoms with Gasteiger partial charge in [-0.05, 0) is 0 Å². The molecule has 0 aliphatic carbocycles. The van der Waals surface area contributed by atoms with E-state index in [9.17, 15) is 0 Å². The molecular formula is C11H22Se2. The summed E-state index contributed by atoms with van der Waals surface area (Å²) in [5.74, 6) is 6.18. The molecule has 0 nitrogen and oxygen atoms in total. The Morgan fingerprint density at radius 3 is 1.54 bits per heavy atom. The standard InChI is InChI=1S/C11H22Se2/c1-8(2)10(9(3)4)7-11(12-5)13-6/h7-9,11H,1-6H3. The van der Waals surface area contributed by atoms with E-state index in [2.05, 4.69) is 45.4 Å². The van der Waals surface area contributed by atoms with Gasteiger partial charge >= 0.3 is 96.5 Å². The first-order chi connectivity index (χ1) is 6.02. The Bertz CT molecular complexity index is 145. The van der Waals surface area contributed by atoms with Crippen molar-refractivity contribution in [3.05, 3.63) is 11.6 Å². The van der Waals surface area contributed by atoms with E-state index in [0.717, 1.165) is 45.5 Å². The molecule has 13 heavy (non-hydrogen) atoms. The van der Waals surface area contributed by atoms with Crippen LogP contribution in [0.4, 0.5) is 0 Å². The molecule has 0 aromatic carbocycles. The van der Waals surface area contributed by atoms with Gasteiger partial charge in [-0.25, -0.2) is 0 Å². The van der Waals surface area contributed by atoms with E-state index in [1.807, 2.05) is 0 Å². The molecule has 78 valence electrons. The first-order valence-corrected chi connectivity index (χ1v) is 10.2. The molecule has 0 spiro atoms. The van der Waals surface area contributed by atoms with Crippen LogP contribution in [0, 0.1) is 11.8 Å². The van der Waals surface area contributed by atoms with E-state index in [1.165, 1.54) is 0 Å². The summed E-state index contributed by atoms with van der Waals surface area (Å²) in [6, 6.07) is 0. The molecule has 0 saturated heterocycles. The molecule has 0 aromatic heterocycles. The Morgan fingerprint density at radius 2 is 1.31 bits per heavy atom. The number of hydrogen-bond acceptors (Lipinski definition) is 0. The summed E-state index contributed by atoms with van der Waals surface area (Å²) in [6.07, 6.45) is 2.56. The van der Waals surface area contributed by atoms with Crippen LogP contribution in [0.5, 0.6) is 0 Å². The quantitative estimate of drug-likeness (QED) is 0.539. The maximum atomic E-state index is 2.56. The minimum atomic E-state index is 0.729. The first kappa shape index (κ1) is 13.8. The average molecular weight is 312 g/mol. The molecule has 0 fully saturated rings. The van der Waals surface area contributed by atoms with E-state index in [0.29, 0.717) is 0 Å². The van der Waals surface area contributed by atoms with Crippen molar-refractivity contribution < 1.29 is 0 Å². The van der Waals surface area contributed by atoms with E-state index in [1.54, 1.807) is 5.57 Å². The van der Waals surface area contributed by atoms with Crippen LogP contribution in [0.25, 0.3) is 0 Å². The zero-order chi connectivity index (χ0) is 10.4. The van der Waals surface area contributed by atoms with Gasteiger partial charge in [0.25, 0.3) is 0 Å². The Morgan fingerprint density at radius 1 is 0.923 bits per heavy atom. The van der Waals surface area contributed by atoms with Crippen LogP contribution in [-0.2, 0) is 0 Å². The van der Waals surface area contributed by atoms with Gasteiger partial charge in [0.05, 0.1) is 0 Å². The van der Waals surface area contributed by atoms with Gasteiger partial charge in [0, 0.05) is 0 Å². The third-order valence-electron chi connectivity index (χ3n) is 2.13. The van der Waals surface area contributed by atoms with Gasteiger partial charge in [0.2, 0.25) is 0 Å². The summed E-state index contributed by atoms with van der Waals surface area (Å²) < 4.78 is 0.916. The van der Waals surface area contributed by atoms with Crippen molar-refractivity contribution in [2.24, 2.45) is 11.8 Å². The predicted molar refractivity (Wildman–Crippen MR) is 64.7 cm³/mol. The van der Waals surface area contributed by atoms with Crippen LogP contribution >= 0.6 is 0 Å². The molecule has 0 saturated carbocycles. The van der Waals surface area contributed by atoms with E-state index in [4.69, 9.17) is 0 Å². The summed E-state index contributed by atoms with van der Waals surface area (Å²) in [4.78, 5) is 0. The molecule has 0 rings (SSSR count). The van der Waals surface area contributed by atoms with Gasteiger partial charge < -0.3 is 0 Å². The van der Waals surface area contributed by atoms with Crippen LogP contribution in [0.2, 0.25) is 15.4 Å². The molecule has 0 aliphatic heterocycles. The van der Waals surface area contributed by atoms with E-state index >= 15 is 0 Å². The second kappa shape index (κ2) is 7.12. The molecule has 0 atom stereocenters. The van der Waals surface area contributed by atoms with Crippen molar-refractivity contribution in [3.8, 4) is 0 Å². The van der Waals surface area contributed by atoms with Gasteiger partial charge in [-0.3, -0.25) is 0 Å². The fraction of sp³-hybridized carbons (Fsp3) is 0.818. The van der Waals surface area contributed by atoms with Gasteiger partial charge in [0.15, 0.2) is 0 Å². The third kappa shape index (κ3) is 5.27. The average Bonchev–Trinajstić information content (AvgIpc) is 2.05. The van der Waals surface area contributed by atoms with E-state index < -0.39 is 0 Å². The number of hydrogen-bond donors (Lipinski definition) is 0. The predicted octanol–water partition coefficient (Wildman–Crippen LogP) is 3.48. The van der Waals surface area contributed by atoms with Gasteiger partial charge in [0.1, 0.15) is 0 Å². The van der Waals surface area contributed by atoms with Gasteiger partial charge in [-0.15, -0.1) is 0 Å². The minimum absolute atomic E-state index is 0.729. The molecule has 0 radical (unpaired) electrons. The van der Waals surface area contributed by atoms with Crippen molar-refractivity contribution in [2.45, 2.75) is 43.1 Å². The SMILES string of the molecule is C[Se]C(C=C(C(C)C)C(C)C)[Se]C. The van der Waals surface area contributed by atoms with Crippen molar-refractivity contribution in [2.75, 3.05) is 0 Å². The Hall–Kier alpha value is 0.779. The van der Waals surface area contributed by atoms with Crippen molar-refractivity contribution in [1.82, 2.24) is 0 Å². The molecule has 0 bridgehead atoms. The second-order valence-electron chi connectivity index (χ2n) is 3.82.